The quantitative estimate of drug-likeness (QED) is 0.591. The molecule has 1 heterocycles. The highest BCUT2D eigenvalue weighted by molar-refractivity contribution is 4.87. The van der Waals surface area contributed by atoms with Gasteiger partial charge in [0.05, 0.1) is 0 Å². The molecule has 1 aliphatic carbocycles. The van der Waals surface area contributed by atoms with Crippen molar-refractivity contribution in [3.8, 4) is 0 Å². The maximum absolute atomic E-state index is 5.73. The second kappa shape index (κ2) is 3.92. The van der Waals surface area contributed by atoms with Crippen LogP contribution >= 0.6 is 0 Å². The molecule has 0 aromatic carbocycles. The highest BCUT2D eigenvalue weighted by Crippen LogP contribution is 2.17. The summed E-state index contributed by atoms with van der Waals surface area (Å²) in [6.07, 6.45) is 2.29. The van der Waals surface area contributed by atoms with Crippen molar-refractivity contribution in [1.82, 2.24) is 15.3 Å². The summed E-state index contributed by atoms with van der Waals surface area (Å²) in [6, 6.07) is 1.10. The van der Waals surface area contributed by atoms with E-state index in [0.29, 0.717) is 12.1 Å². The van der Waals surface area contributed by atoms with E-state index < -0.39 is 0 Å². The standard InChI is InChI=1S/C9H20N4/c1-12-2-4-13(5-3-12)11-9-6-8(10)7-9/h8-9,11H,2-7,10H2,1H3. The van der Waals surface area contributed by atoms with Crippen molar-refractivity contribution in [2.24, 2.45) is 5.73 Å². The Bertz CT molecular complexity index is 159. The molecule has 4 nitrogen and oxygen atoms in total. The van der Waals surface area contributed by atoms with E-state index in [9.17, 15) is 0 Å². The molecule has 0 spiro atoms. The molecular weight excluding hydrogens is 164 g/mol. The van der Waals surface area contributed by atoms with Crippen molar-refractivity contribution in [3.05, 3.63) is 0 Å². The second-order valence-corrected chi connectivity index (χ2v) is 4.35. The summed E-state index contributed by atoms with van der Waals surface area (Å²) < 4.78 is 0. The highest BCUT2D eigenvalue weighted by atomic mass is 15.5. The van der Waals surface area contributed by atoms with Gasteiger partial charge in [-0.05, 0) is 19.9 Å². The zero-order valence-corrected chi connectivity index (χ0v) is 8.37. The van der Waals surface area contributed by atoms with Gasteiger partial charge in [0.1, 0.15) is 0 Å². The fourth-order valence-corrected chi connectivity index (χ4v) is 1.96. The third-order valence-electron chi connectivity index (χ3n) is 3.04. The molecule has 0 aromatic heterocycles. The molecule has 4 heteroatoms. The Morgan fingerprint density at radius 2 is 1.77 bits per heavy atom. The molecule has 13 heavy (non-hydrogen) atoms. The lowest BCUT2D eigenvalue weighted by atomic mass is 9.88. The minimum Gasteiger partial charge on any atom is -0.328 e. The minimum atomic E-state index is 0.449. The van der Waals surface area contributed by atoms with Crippen LogP contribution in [-0.4, -0.2) is 55.2 Å². The summed E-state index contributed by atoms with van der Waals surface area (Å²) in [5.41, 5.74) is 9.26. The average Bonchev–Trinajstić information content (AvgIpc) is 2.06. The molecule has 0 unspecified atom stereocenters. The van der Waals surface area contributed by atoms with Gasteiger partial charge in [-0.2, -0.15) is 0 Å². The first-order valence-corrected chi connectivity index (χ1v) is 5.19. The Kier molecular flexibility index (Phi) is 2.83. The topological polar surface area (TPSA) is 44.5 Å². The smallest absolute Gasteiger partial charge is 0.0259 e. The first-order chi connectivity index (χ1) is 6.24. The van der Waals surface area contributed by atoms with E-state index in [1.807, 2.05) is 0 Å². The molecule has 0 bridgehead atoms. The average molecular weight is 184 g/mol. The van der Waals surface area contributed by atoms with Gasteiger partial charge in [-0.25, -0.2) is 5.01 Å². The number of hydrogen-bond acceptors (Lipinski definition) is 4. The molecule has 2 fully saturated rings. The van der Waals surface area contributed by atoms with E-state index in [1.54, 1.807) is 0 Å². The van der Waals surface area contributed by atoms with Crippen LogP contribution in [0.4, 0.5) is 0 Å². The van der Waals surface area contributed by atoms with Gasteiger partial charge in [-0.3, -0.25) is 5.43 Å². The first kappa shape index (κ1) is 9.40. The molecule has 0 amide bonds. The zero-order valence-electron chi connectivity index (χ0n) is 8.37. The lowest BCUT2D eigenvalue weighted by molar-refractivity contribution is 0.0636. The second-order valence-electron chi connectivity index (χ2n) is 4.35. The van der Waals surface area contributed by atoms with Crippen LogP contribution in [0.15, 0.2) is 0 Å². The van der Waals surface area contributed by atoms with Crippen LogP contribution in [0.5, 0.6) is 0 Å². The summed E-state index contributed by atoms with van der Waals surface area (Å²) >= 11 is 0. The Labute approximate surface area is 80.0 Å². The molecule has 1 aliphatic heterocycles. The van der Waals surface area contributed by atoms with E-state index in [-0.39, 0.29) is 0 Å². The summed E-state index contributed by atoms with van der Waals surface area (Å²) in [4.78, 5) is 2.37. The number of hydrazine groups is 1. The van der Waals surface area contributed by atoms with Gasteiger partial charge in [-0.15, -0.1) is 0 Å². The largest absolute Gasteiger partial charge is 0.328 e. The number of nitrogens with one attached hydrogen (secondary N) is 1. The zero-order chi connectivity index (χ0) is 9.26. The number of nitrogens with two attached hydrogens (primary N) is 1. The fourth-order valence-electron chi connectivity index (χ4n) is 1.96. The molecule has 76 valence electrons. The number of rotatable bonds is 2. The van der Waals surface area contributed by atoms with Crippen LogP contribution < -0.4 is 11.2 Å². The normalized spacial score (nSPS) is 37.4. The predicted molar refractivity (Wildman–Crippen MR) is 53.2 cm³/mol. The predicted octanol–water partition coefficient (Wildman–Crippen LogP) is -0.772. The third kappa shape index (κ3) is 2.40. The van der Waals surface area contributed by atoms with Gasteiger partial charge < -0.3 is 10.6 Å². The van der Waals surface area contributed by atoms with Gasteiger partial charge in [0.2, 0.25) is 0 Å². The Balaban J connectivity index is 1.65. The maximum Gasteiger partial charge on any atom is 0.0259 e. The van der Waals surface area contributed by atoms with Crippen molar-refractivity contribution < 1.29 is 0 Å². The van der Waals surface area contributed by atoms with Gasteiger partial charge in [0.15, 0.2) is 0 Å². The van der Waals surface area contributed by atoms with Crippen LogP contribution in [0.3, 0.4) is 0 Å². The first-order valence-electron chi connectivity index (χ1n) is 5.19. The summed E-state index contributed by atoms with van der Waals surface area (Å²) in [6.45, 7) is 4.63. The molecule has 1 saturated carbocycles. The summed E-state index contributed by atoms with van der Waals surface area (Å²) in [5.74, 6) is 0. The van der Waals surface area contributed by atoms with Crippen LogP contribution in [0, 0.1) is 0 Å². The monoisotopic (exact) mass is 184 g/mol. The SMILES string of the molecule is CN1CCN(NC2CC(N)C2)CC1. The Morgan fingerprint density at radius 3 is 2.31 bits per heavy atom. The molecule has 1 saturated heterocycles. The van der Waals surface area contributed by atoms with Crippen molar-refractivity contribution in [1.29, 1.82) is 0 Å². The van der Waals surface area contributed by atoms with Crippen LogP contribution in [0.1, 0.15) is 12.8 Å². The van der Waals surface area contributed by atoms with E-state index in [4.69, 9.17) is 5.73 Å². The molecule has 0 aromatic rings. The van der Waals surface area contributed by atoms with E-state index >= 15 is 0 Å². The Morgan fingerprint density at radius 1 is 1.15 bits per heavy atom. The Hall–Kier alpha value is -0.160. The van der Waals surface area contributed by atoms with Crippen molar-refractivity contribution in [2.75, 3.05) is 33.2 Å². The molecule has 2 aliphatic rings. The van der Waals surface area contributed by atoms with Gasteiger partial charge in [-0.1, -0.05) is 0 Å². The molecule has 0 radical (unpaired) electrons. The number of hydrogen-bond donors (Lipinski definition) is 2. The minimum absolute atomic E-state index is 0.449. The molecule has 3 N–H and O–H groups in total. The third-order valence-corrected chi connectivity index (χ3v) is 3.04. The highest BCUT2D eigenvalue weighted by Gasteiger charge is 2.27. The van der Waals surface area contributed by atoms with Crippen LogP contribution in [0.2, 0.25) is 0 Å². The lowest BCUT2D eigenvalue weighted by Gasteiger charge is -2.40. The summed E-state index contributed by atoms with van der Waals surface area (Å²) in [7, 11) is 2.18. The van der Waals surface area contributed by atoms with E-state index in [2.05, 4.69) is 22.4 Å². The van der Waals surface area contributed by atoms with Crippen molar-refractivity contribution >= 4 is 0 Å². The maximum atomic E-state index is 5.73. The molecule has 2 rings (SSSR count). The van der Waals surface area contributed by atoms with Gasteiger partial charge >= 0.3 is 0 Å². The van der Waals surface area contributed by atoms with Crippen LogP contribution in [-0.2, 0) is 0 Å². The summed E-state index contributed by atoms with van der Waals surface area (Å²) in [5, 5.41) is 2.34. The van der Waals surface area contributed by atoms with Crippen molar-refractivity contribution in [3.63, 3.8) is 0 Å². The van der Waals surface area contributed by atoms with E-state index in [1.165, 1.54) is 13.1 Å². The molecular formula is C9H20N4. The lowest BCUT2D eigenvalue weighted by Crippen LogP contribution is -2.58. The van der Waals surface area contributed by atoms with Gasteiger partial charge in [0.25, 0.3) is 0 Å². The van der Waals surface area contributed by atoms with E-state index in [0.717, 1.165) is 25.9 Å². The van der Waals surface area contributed by atoms with Crippen molar-refractivity contribution in [2.45, 2.75) is 24.9 Å². The molecule has 0 atom stereocenters. The number of likely N-dealkylation sites (N-methyl/N-ethyl adjacent to an activating group) is 1. The van der Waals surface area contributed by atoms with Crippen LogP contribution in [0.25, 0.3) is 0 Å². The fraction of sp³-hybridized carbons (Fsp3) is 1.00. The number of piperazine rings is 1. The van der Waals surface area contributed by atoms with Gasteiger partial charge in [0, 0.05) is 38.3 Å². The number of nitrogens with zero attached hydrogens (tertiary/aromatic N) is 2.